The highest BCUT2D eigenvalue weighted by atomic mass is 16.5. The van der Waals surface area contributed by atoms with E-state index in [9.17, 15) is 9.59 Å². The number of nitrogens with one attached hydrogen (secondary N) is 1. The van der Waals surface area contributed by atoms with Crippen molar-refractivity contribution in [2.24, 2.45) is 0 Å². The molecule has 120 valence electrons. The van der Waals surface area contributed by atoms with Crippen molar-refractivity contribution in [3.63, 3.8) is 0 Å². The quantitative estimate of drug-likeness (QED) is 0.655. The third kappa shape index (κ3) is 5.14. The van der Waals surface area contributed by atoms with Crippen LogP contribution < -0.4 is 5.32 Å². The Morgan fingerprint density at radius 1 is 1.26 bits per heavy atom. The molecule has 0 spiro atoms. The van der Waals surface area contributed by atoms with Gasteiger partial charge in [0, 0.05) is 11.8 Å². The smallest absolute Gasteiger partial charge is 0.331 e. The van der Waals surface area contributed by atoms with Gasteiger partial charge in [-0.05, 0) is 49.2 Å². The van der Waals surface area contributed by atoms with Gasteiger partial charge >= 0.3 is 5.97 Å². The van der Waals surface area contributed by atoms with E-state index in [0.717, 1.165) is 6.42 Å². The maximum Gasteiger partial charge on any atom is 0.331 e. The summed E-state index contributed by atoms with van der Waals surface area (Å²) < 4.78 is 10.1. The second kappa shape index (κ2) is 7.98. The van der Waals surface area contributed by atoms with Crippen LogP contribution in [0, 0.1) is 0 Å². The zero-order valence-electron chi connectivity index (χ0n) is 13.1. The molecule has 2 rings (SSSR count). The Hall–Kier alpha value is -2.82. The molecule has 0 fully saturated rings. The van der Waals surface area contributed by atoms with Crippen LogP contribution in [0.3, 0.4) is 0 Å². The van der Waals surface area contributed by atoms with E-state index in [-0.39, 0.29) is 5.91 Å². The zero-order chi connectivity index (χ0) is 16.7. The molecule has 0 aliphatic rings. The number of furan rings is 1. The Labute approximate surface area is 134 Å². The van der Waals surface area contributed by atoms with Crippen LogP contribution in [0.5, 0.6) is 0 Å². The van der Waals surface area contributed by atoms with Gasteiger partial charge in [0.2, 0.25) is 0 Å². The average Bonchev–Trinajstić information content (AvgIpc) is 3.07. The molecule has 1 atom stereocenters. The van der Waals surface area contributed by atoms with Crippen molar-refractivity contribution >= 4 is 23.6 Å². The molecule has 1 unspecified atom stereocenters. The Kier molecular flexibility index (Phi) is 5.74. The lowest BCUT2D eigenvalue weighted by molar-refractivity contribution is -0.148. The maximum atomic E-state index is 12.0. The normalized spacial score (nSPS) is 12.1. The molecule has 1 N–H and O–H groups in total. The molecule has 1 aromatic carbocycles. The molecule has 0 saturated carbocycles. The van der Waals surface area contributed by atoms with Crippen molar-refractivity contribution in [3.05, 3.63) is 60.1 Å². The molecule has 0 aliphatic carbocycles. The molecule has 23 heavy (non-hydrogen) atoms. The van der Waals surface area contributed by atoms with Gasteiger partial charge in [0.15, 0.2) is 6.10 Å². The fourth-order valence-corrected chi connectivity index (χ4v) is 1.87. The number of carbonyl (C=O) groups excluding carboxylic acids is 2. The summed E-state index contributed by atoms with van der Waals surface area (Å²) in [5.74, 6) is -0.450. The molecule has 0 radical (unpaired) electrons. The van der Waals surface area contributed by atoms with Crippen LogP contribution in [0.4, 0.5) is 5.69 Å². The number of hydrogen-bond donors (Lipinski definition) is 1. The van der Waals surface area contributed by atoms with Gasteiger partial charge in [-0.25, -0.2) is 4.79 Å². The molecular weight excluding hydrogens is 294 g/mol. The first kappa shape index (κ1) is 16.5. The summed E-state index contributed by atoms with van der Waals surface area (Å²) in [6.45, 7) is 3.58. The number of rotatable bonds is 6. The first-order valence-electron chi connectivity index (χ1n) is 7.40. The molecule has 0 aliphatic heterocycles. The van der Waals surface area contributed by atoms with E-state index in [1.165, 1.54) is 30.9 Å². The Balaban J connectivity index is 1.85. The number of esters is 1. The maximum absolute atomic E-state index is 12.0. The first-order chi connectivity index (χ1) is 11.1. The highest BCUT2D eigenvalue weighted by Crippen LogP contribution is 2.11. The number of benzene rings is 1. The van der Waals surface area contributed by atoms with E-state index in [0.29, 0.717) is 11.4 Å². The third-order valence-electron chi connectivity index (χ3n) is 3.22. The second-order valence-corrected chi connectivity index (χ2v) is 4.97. The number of amides is 1. The van der Waals surface area contributed by atoms with Crippen molar-refractivity contribution in [1.82, 2.24) is 0 Å². The Morgan fingerprint density at radius 3 is 2.61 bits per heavy atom. The van der Waals surface area contributed by atoms with Crippen LogP contribution in [0.25, 0.3) is 6.08 Å². The van der Waals surface area contributed by atoms with Crippen molar-refractivity contribution in [2.45, 2.75) is 26.4 Å². The van der Waals surface area contributed by atoms with Gasteiger partial charge in [-0.3, -0.25) is 4.79 Å². The average molecular weight is 313 g/mol. The highest BCUT2D eigenvalue weighted by molar-refractivity contribution is 5.96. The van der Waals surface area contributed by atoms with Gasteiger partial charge in [0.05, 0.1) is 6.26 Å². The molecule has 2 aromatic rings. The van der Waals surface area contributed by atoms with Crippen molar-refractivity contribution in [2.75, 3.05) is 5.32 Å². The standard InChI is InChI=1S/C18H19NO4/c1-3-14-6-8-15(9-7-14)19-18(21)13(2)23-17(20)11-10-16-5-4-12-22-16/h4-13H,3H2,1-2H3,(H,19,21). The first-order valence-corrected chi connectivity index (χ1v) is 7.40. The van der Waals surface area contributed by atoms with Crippen LogP contribution in [0.15, 0.2) is 53.2 Å². The number of anilines is 1. The SMILES string of the molecule is CCc1ccc(NC(=O)C(C)OC(=O)C=Cc2ccco2)cc1. The predicted molar refractivity (Wildman–Crippen MR) is 87.7 cm³/mol. The summed E-state index contributed by atoms with van der Waals surface area (Å²) in [6.07, 6.45) is 4.25. The molecule has 5 nitrogen and oxygen atoms in total. The highest BCUT2D eigenvalue weighted by Gasteiger charge is 2.16. The van der Waals surface area contributed by atoms with Crippen LogP contribution in [0.1, 0.15) is 25.2 Å². The van der Waals surface area contributed by atoms with Gasteiger partial charge in [0.1, 0.15) is 5.76 Å². The second-order valence-electron chi connectivity index (χ2n) is 4.97. The van der Waals surface area contributed by atoms with E-state index in [1.807, 2.05) is 24.3 Å². The molecule has 1 heterocycles. The van der Waals surface area contributed by atoms with Crippen LogP contribution in [0.2, 0.25) is 0 Å². The lowest BCUT2D eigenvalue weighted by Gasteiger charge is -2.12. The minimum absolute atomic E-state index is 0.381. The number of carbonyl (C=O) groups is 2. The third-order valence-corrected chi connectivity index (χ3v) is 3.22. The van der Waals surface area contributed by atoms with Gasteiger partial charge < -0.3 is 14.5 Å². The van der Waals surface area contributed by atoms with Gasteiger partial charge in [-0.1, -0.05) is 19.1 Å². The van der Waals surface area contributed by atoms with Gasteiger partial charge in [0.25, 0.3) is 5.91 Å². The lowest BCUT2D eigenvalue weighted by atomic mass is 10.1. The topological polar surface area (TPSA) is 68.5 Å². The minimum atomic E-state index is -0.894. The van der Waals surface area contributed by atoms with Crippen LogP contribution in [-0.2, 0) is 20.7 Å². The summed E-state index contributed by atoms with van der Waals surface area (Å²) in [5, 5.41) is 2.71. The molecule has 5 heteroatoms. The predicted octanol–water partition coefficient (Wildman–Crippen LogP) is 3.43. The summed E-state index contributed by atoms with van der Waals surface area (Å²) in [7, 11) is 0. The summed E-state index contributed by atoms with van der Waals surface area (Å²) in [5.41, 5.74) is 1.85. The molecular formula is C18H19NO4. The van der Waals surface area contributed by atoms with Gasteiger partial charge in [-0.15, -0.1) is 0 Å². The molecule has 1 aromatic heterocycles. The van der Waals surface area contributed by atoms with E-state index >= 15 is 0 Å². The molecule has 1 amide bonds. The van der Waals surface area contributed by atoms with Crippen molar-refractivity contribution in [1.29, 1.82) is 0 Å². The summed E-state index contributed by atoms with van der Waals surface area (Å²) in [6, 6.07) is 11.0. The molecule has 0 bridgehead atoms. The number of ether oxygens (including phenoxy) is 1. The van der Waals surface area contributed by atoms with E-state index in [4.69, 9.17) is 9.15 Å². The zero-order valence-corrected chi connectivity index (χ0v) is 13.1. The fraction of sp³-hybridized carbons (Fsp3) is 0.222. The Morgan fingerprint density at radius 2 is 2.00 bits per heavy atom. The van der Waals surface area contributed by atoms with E-state index in [1.54, 1.807) is 12.1 Å². The lowest BCUT2D eigenvalue weighted by Crippen LogP contribution is -2.29. The van der Waals surface area contributed by atoms with Crippen LogP contribution in [-0.4, -0.2) is 18.0 Å². The monoisotopic (exact) mass is 313 g/mol. The van der Waals surface area contributed by atoms with Crippen molar-refractivity contribution < 1.29 is 18.7 Å². The van der Waals surface area contributed by atoms with E-state index < -0.39 is 12.1 Å². The number of hydrogen-bond acceptors (Lipinski definition) is 4. The summed E-state index contributed by atoms with van der Waals surface area (Å²) >= 11 is 0. The largest absolute Gasteiger partial charge is 0.465 e. The van der Waals surface area contributed by atoms with Crippen molar-refractivity contribution in [3.8, 4) is 0 Å². The number of aryl methyl sites for hydroxylation is 1. The Bertz CT molecular complexity index is 672. The van der Waals surface area contributed by atoms with Crippen LogP contribution >= 0.6 is 0 Å². The van der Waals surface area contributed by atoms with Gasteiger partial charge in [-0.2, -0.15) is 0 Å². The fourth-order valence-electron chi connectivity index (χ4n) is 1.87. The minimum Gasteiger partial charge on any atom is -0.465 e. The van der Waals surface area contributed by atoms with E-state index in [2.05, 4.69) is 12.2 Å². The molecule has 0 saturated heterocycles. The summed E-state index contributed by atoms with van der Waals surface area (Å²) in [4.78, 5) is 23.7.